The van der Waals surface area contributed by atoms with Gasteiger partial charge in [-0.2, -0.15) is 10.1 Å². The minimum atomic E-state index is -0.439. The lowest BCUT2D eigenvalue weighted by Crippen LogP contribution is -2.32. The van der Waals surface area contributed by atoms with Gasteiger partial charge in [0.25, 0.3) is 5.91 Å². The molecule has 3 aromatic heterocycles. The van der Waals surface area contributed by atoms with Gasteiger partial charge in [0.1, 0.15) is 6.04 Å². The summed E-state index contributed by atoms with van der Waals surface area (Å²) in [6.07, 6.45) is 3.34. The summed E-state index contributed by atoms with van der Waals surface area (Å²) < 4.78 is 5.42. The largest absolute Gasteiger partial charge is 0.339 e. The van der Waals surface area contributed by atoms with Crippen molar-refractivity contribution in [2.45, 2.75) is 19.9 Å². The first-order chi connectivity index (χ1) is 13.1. The highest BCUT2D eigenvalue weighted by atomic mass is 16.5. The van der Waals surface area contributed by atoms with Gasteiger partial charge in [-0.05, 0) is 24.1 Å². The number of aromatic amines is 1. The lowest BCUT2D eigenvalue weighted by molar-refractivity contribution is 0.0910. The summed E-state index contributed by atoms with van der Waals surface area (Å²) in [6, 6.07) is 10.7. The van der Waals surface area contributed by atoms with Crippen LogP contribution in [0.25, 0.3) is 22.3 Å². The maximum absolute atomic E-state index is 12.8. The molecule has 136 valence electrons. The second-order valence-corrected chi connectivity index (χ2v) is 6.51. The lowest BCUT2D eigenvalue weighted by atomic mass is 10.0. The number of H-pyrrole nitrogens is 1. The van der Waals surface area contributed by atoms with Crippen LogP contribution in [0.4, 0.5) is 0 Å². The zero-order valence-corrected chi connectivity index (χ0v) is 14.9. The van der Waals surface area contributed by atoms with E-state index in [-0.39, 0.29) is 11.8 Å². The first-order valence-electron chi connectivity index (χ1n) is 8.61. The summed E-state index contributed by atoms with van der Waals surface area (Å²) in [5, 5.41) is 14.7. The molecule has 0 aliphatic carbocycles. The molecule has 1 amide bonds. The van der Waals surface area contributed by atoms with Gasteiger partial charge in [-0.25, -0.2) is 0 Å². The molecule has 0 saturated carbocycles. The van der Waals surface area contributed by atoms with Crippen molar-refractivity contribution >= 4 is 16.8 Å². The van der Waals surface area contributed by atoms with Gasteiger partial charge in [-0.15, -0.1) is 0 Å². The van der Waals surface area contributed by atoms with Crippen LogP contribution in [0, 0.1) is 5.92 Å². The molecule has 4 rings (SSSR count). The van der Waals surface area contributed by atoms with Gasteiger partial charge < -0.3 is 9.84 Å². The number of carbonyl (C=O) groups is 1. The molecule has 1 aromatic carbocycles. The molecule has 0 bridgehead atoms. The average Bonchev–Trinajstić information content (AvgIpc) is 3.34. The molecule has 0 aliphatic heterocycles. The van der Waals surface area contributed by atoms with Crippen LogP contribution in [-0.4, -0.2) is 31.2 Å². The highest BCUT2D eigenvalue weighted by molar-refractivity contribution is 6.04. The van der Waals surface area contributed by atoms with Crippen LogP contribution in [0.2, 0.25) is 0 Å². The van der Waals surface area contributed by atoms with Crippen molar-refractivity contribution in [1.82, 2.24) is 30.6 Å². The van der Waals surface area contributed by atoms with Crippen molar-refractivity contribution in [2.24, 2.45) is 5.92 Å². The fraction of sp³-hybridized carbons (Fsp3) is 0.211. The highest BCUT2D eigenvalue weighted by Gasteiger charge is 2.27. The number of benzene rings is 1. The van der Waals surface area contributed by atoms with E-state index in [9.17, 15) is 4.79 Å². The standard InChI is InChI=1S/C19H18N6O2/c1-11(2)15(19-22-17(25-27-19)12-6-5-9-20-10-12)21-18(26)16-13-7-3-4-8-14(13)23-24-16/h3-11,15H,1-2H3,(H,21,26)(H,23,24). The molecule has 4 aromatic rings. The summed E-state index contributed by atoms with van der Waals surface area (Å²) >= 11 is 0. The lowest BCUT2D eigenvalue weighted by Gasteiger charge is -2.17. The van der Waals surface area contributed by atoms with Gasteiger partial charge in [0, 0.05) is 23.3 Å². The van der Waals surface area contributed by atoms with Gasteiger partial charge >= 0.3 is 0 Å². The Kier molecular flexibility index (Phi) is 4.37. The molecule has 1 unspecified atom stereocenters. The SMILES string of the molecule is CC(C)C(NC(=O)c1n[nH]c2ccccc12)c1nc(-c2cccnc2)no1. The quantitative estimate of drug-likeness (QED) is 0.564. The second kappa shape index (κ2) is 6.99. The van der Waals surface area contributed by atoms with Crippen molar-refractivity contribution in [3.8, 4) is 11.4 Å². The maximum atomic E-state index is 12.8. The maximum Gasteiger partial charge on any atom is 0.273 e. The number of fused-ring (bicyclic) bond motifs is 1. The third-order valence-electron chi connectivity index (χ3n) is 4.27. The normalized spacial score (nSPS) is 12.4. The fourth-order valence-electron chi connectivity index (χ4n) is 2.83. The zero-order valence-electron chi connectivity index (χ0n) is 14.9. The van der Waals surface area contributed by atoms with Crippen LogP contribution in [-0.2, 0) is 0 Å². The van der Waals surface area contributed by atoms with E-state index in [0.717, 1.165) is 16.5 Å². The zero-order chi connectivity index (χ0) is 18.8. The summed E-state index contributed by atoms with van der Waals surface area (Å²) in [5.74, 6) is 0.522. The number of amides is 1. The number of hydrogen-bond acceptors (Lipinski definition) is 6. The van der Waals surface area contributed by atoms with Crippen LogP contribution in [0.15, 0.2) is 53.3 Å². The Hall–Kier alpha value is -3.55. The van der Waals surface area contributed by atoms with Gasteiger partial charge in [-0.3, -0.25) is 14.9 Å². The number of nitrogens with zero attached hydrogens (tertiary/aromatic N) is 4. The van der Waals surface area contributed by atoms with Crippen LogP contribution in [0.1, 0.15) is 36.3 Å². The third-order valence-corrected chi connectivity index (χ3v) is 4.27. The first kappa shape index (κ1) is 16.9. The van der Waals surface area contributed by atoms with E-state index in [2.05, 4.69) is 30.6 Å². The summed E-state index contributed by atoms with van der Waals surface area (Å²) in [4.78, 5) is 21.3. The van der Waals surface area contributed by atoms with E-state index in [1.54, 1.807) is 18.5 Å². The molecule has 8 heteroatoms. The Morgan fingerprint density at radius 2 is 2.04 bits per heavy atom. The molecular weight excluding hydrogens is 344 g/mol. The molecule has 27 heavy (non-hydrogen) atoms. The Morgan fingerprint density at radius 1 is 1.19 bits per heavy atom. The summed E-state index contributed by atoms with van der Waals surface area (Å²) in [7, 11) is 0. The van der Waals surface area contributed by atoms with Crippen LogP contribution < -0.4 is 5.32 Å². The molecule has 0 aliphatic rings. The summed E-state index contributed by atoms with van der Waals surface area (Å²) in [5.41, 5.74) is 1.89. The van der Waals surface area contributed by atoms with E-state index in [1.807, 2.05) is 44.2 Å². The molecule has 8 nitrogen and oxygen atoms in total. The fourth-order valence-corrected chi connectivity index (χ4v) is 2.83. The van der Waals surface area contributed by atoms with Crippen molar-refractivity contribution in [1.29, 1.82) is 0 Å². The van der Waals surface area contributed by atoms with Crippen molar-refractivity contribution in [3.63, 3.8) is 0 Å². The molecule has 0 saturated heterocycles. The van der Waals surface area contributed by atoms with Crippen molar-refractivity contribution in [3.05, 3.63) is 60.4 Å². The minimum Gasteiger partial charge on any atom is -0.339 e. The first-order valence-corrected chi connectivity index (χ1v) is 8.61. The number of rotatable bonds is 5. The molecule has 0 fully saturated rings. The number of carbonyl (C=O) groups excluding carboxylic acids is 1. The highest BCUT2D eigenvalue weighted by Crippen LogP contribution is 2.24. The van der Waals surface area contributed by atoms with E-state index >= 15 is 0 Å². The van der Waals surface area contributed by atoms with Crippen LogP contribution in [0.3, 0.4) is 0 Å². The summed E-state index contributed by atoms with van der Waals surface area (Å²) in [6.45, 7) is 3.95. The third kappa shape index (κ3) is 3.29. The predicted octanol–water partition coefficient (Wildman–Crippen LogP) is 3.14. The van der Waals surface area contributed by atoms with E-state index < -0.39 is 6.04 Å². The Morgan fingerprint density at radius 3 is 2.81 bits per heavy atom. The Balaban J connectivity index is 1.60. The number of para-hydroxylation sites is 1. The van der Waals surface area contributed by atoms with Crippen LogP contribution >= 0.6 is 0 Å². The molecule has 2 N–H and O–H groups in total. The topological polar surface area (TPSA) is 110 Å². The Bertz CT molecular complexity index is 1070. The molecule has 1 atom stereocenters. The predicted molar refractivity (Wildman–Crippen MR) is 98.7 cm³/mol. The Labute approximate surface area is 155 Å². The van der Waals surface area contributed by atoms with Crippen molar-refractivity contribution < 1.29 is 9.32 Å². The van der Waals surface area contributed by atoms with Crippen molar-refractivity contribution in [2.75, 3.05) is 0 Å². The minimum absolute atomic E-state index is 0.0429. The van der Waals surface area contributed by atoms with Gasteiger partial charge in [-0.1, -0.05) is 37.2 Å². The molecule has 0 spiro atoms. The number of hydrogen-bond donors (Lipinski definition) is 2. The van der Waals surface area contributed by atoms with Gasteiger partial charge in [0.15, 0.2) is 5.69 Å². The van der Waals surface area contributed by atoms with Gasteiger partial charge in [0.05, 0.1) is 5.52 Å². The van der Waals surface area contributed by atoms with Crippen LogP contribution in [0.5, 0.6) is 0 Å². The smallest absolute Gasteiger partial charge is 0.273 e. The molecule has 0 radical (unpaired) electrons. The average molecular weight is 362 g/mol. The van der Waals surface area contributed by atoms with Gasteiger partial charge in [0.2, 0.25) is 11.7 Å². The number of aromatic nitrogens is 5. The van der Waals surface area contributed by atoms with E-state index in [4.69, 9.17) is 4.52 Å². The molecule has 3 heterocycles. The van der Waals surface area contributed by atoms with E-state index in [1.165, 1.54) is 0 Å². The second-order valence-electron chi connectivity index (χ2n) is 6.51. The monoisotopic (exact) mass is 362 g/mol. The number of pyridine rings is 1. The number of nitrogens with one attached hydrogen (secondary N) is 2. The van der Waals surface area contributed by atoms with E-state index in [0.29, 0.717) is 17.4 Å². The molecular formula is C19H18N6O2.